The van der Waals surface area contributed by atoms with Gasteiger partial charge in [0.15, 0.2) is 5.75 Å². The zero-order valence-corrected chi connectivity index (χ0v) is 11.0. The Hall–Kier alpha value is -0.930. The summed E-state index contributed by atoms with van der Waals surface area (Å²) < 4.78 is 0. The maximum absolute atomic E-state index is 11.7. The van der Waals surface area contributed by atoms with E-state index in [1.54, 1.807) is 31.2 Å². The highest BCUT2D eigenvalue weighted by Gasteiger charge is 2.36. The Kier molecular flexibility index (Phi) is 5.59. The van der Waals surface area contributed by atoms with Crippen molar-refractivity contribution in [3.63, 3.8) is 0 Å². The number of carbonyl (C=O) groups excluding carboxylic acids is 1. The largest absolute Gasteiger partial charge is 0.376 e. The summed E-state index contributed by atoms with van der Waals surface area (Å²) in [5.41, 5.74) is 0. The Morgan fingerprint density at radius 1 is 1.35 bits per heavy atom. The highest BCUT2D eigenvalue weighted by molar-refractivity contribution is 6.34. The van der Waals surface area contributed by atoms with E-state index in [0.717, 1.165) is 0 Å². The molecule has 5 heteroatoms. The van der Waals surface area contributed by atoms with Crippen LogP contribution < -0.4 is 4.89 Å². The van der Waals surface area contributed by atoms with Crippen LogP contribution >= 0.6 is 23.2 Å². The summed E-state index contributed by atoms with van der Waals surface area (Å²) in [6.45, 7) is 1.79. The molecule has 94 valence electrons. The maximum Gasteiger partial charge on any atom is 0.376 e. The van der Waals surface area contributed by atoms with E-state index in [0.29, 0.717) is 18.6 Å². The second-order valence-electron chi connectivity index (χ2n) is 3.53. The third-order valence-electron chi connectivity index (χ3n) is 2.37. The van der Waals surface area contributed by atoms with Gasteiger partial charge in [0.1, 0.15) is 4.87 Å². The second kappa shape index (κ2) is 6.72. The molecule has 0 aliphatic heterocycles. The van der Waals surface area contributed by atoms with Crippen molar-refractivity contribution in [2.75, 3.05) is 5.88 Å². The van der Waals surface area contributed by atoms with E-state index >= 15 is 0 Å². The molecule has 0 amide bonds. The molecule has 0 N–H and O–H groups in total. The third-order valence-corrected chi connectivity index (χ3v) is 3.17. The third kappa shape index (κ3) is 4.10. The summed E-state index contributed by atoms with van der Waals surface area (Å²) in [5, 5.41) is 0. The molecule has 0 saturated carbocycles. The van der Waals surface area contributed by atoms with Crippen molar-refractivity contribution in [2.45, 2.75) is 24.6 Å². The molecule has 1 rings (SSSR count). The molecular weight excluding hydrogens is 263 g/mol. The molecule has 0 spiro atoms. The van der Waals surface area contributed by atoms with E-state index < -0.39 is 10.8 Å². The summed E-state index contributed by atoms with van der Waals surface area (Å²) in [5.74, 6) is 0.116. The normalized spacial score (nSPS) is 13.8. The lowest BCUT2D eigenvalue weighted by atomic mass is 10.0. The second-order valence-corrected chi connectivity index (χ2v) is 4.63. The van der Waals surface area contributed by atoms with E-state index in [9.17, 15) is 4.79 Å². The number of benzene rings is 1. The van der Waals surface area contributed by atoms with Gasteiger partial charge in [0.05, 0.1) is 0 Å². The molecule has 1 unspecified atom stereocenters. The first kappa shape index (κ1) is 14.1. The maximum atomic E-state index is 11.7. The summed E-state index contributed by atoms with van der Waals surface area (Å²) in [7, 11) is 0. The molecule has 0 heterocycles. The van der Waals surface area contributed by atoms with E-state index in [1.165, 1.54) is 0 Å². The van der Waals surface area contributed by atoms with Gasteiger partial charge >= 0.3 is 5.97 Å². The number of hydrogen-bond acceptors (Lipinski definition) is 3. The van der Waals surface area contributed by atoms with E-state index in [2.05, 4.69) is 0 Å². The molecule has 0 aliphatic rings. The lowest BCUT2D eigenvalue weighted by Gasteiger charge is -2.20. The van der Waals surface area contributed by atoms with Crippen molar-refractivity contribution in [3.05, 3.63) is 30.3 Å². The fourth-order valence-corrected chi connectivity index (χ4v) is 1.75. The Balaban J connectivity index is 2.54. The number of alkyl halides is 2. The van der Waals surface area contributed by atoms with Crippen molar-refractivity contribution in [3.8, 4) is 5.75 Å². The molecule has 1 aromatic rings. The first-order chi connectivity index (χ1) is 8.12. The van der Waals surface area contributed by atoms with Crippen LogP contribution in [-0.2, 0) is 9.68 Å². The predicted octanol–water partition coefficient (Wildman–Crippen LogP) is 3.54. The van der Waals surface area contributed by atoms with Gasteiger partial charge < -0.3 is 0 Å². The first-order valence-electron chi connectivity index (χ1n) is 5.31. The van der Waals surface area contributed by atoms with Gasteiger partial charge in [-0.15, -0.1) is 23.2 Å². The van der Waals surface area contributed by atoms with Crippen LogP contribution in [-0.4, -0.2) is 16.7 Å². The Morgan fingerprint density at radius 3 is 2.53 bits per heavy atom. The number of para-hydroxylation sites is 1. The van der Waals surface area contributed by atoms with Crippen LogP contribution in [0.4, 0.5) is 0 Å². The van der Waals surface area contributed by atoms with Gasteiger partial charge in [0.25, 0.3) is 0 Å². The smallest absolute Gasteiger partial charge is 0.287 e. The van der Waals surface area contributed by atoms with E-state index in [4.69, 9.17) is 33.0 Å². The van der Waals surface area contributed by atoms with Crippen LogP contribution in [0.3, 0.4) is 0 Å². The molecule has 0 fully saturated rings. The molecule has 0 aromatic heterocycles. The monoisotopic (exact) mass is 276 g/mol. The lowest BCUT2D eigenvalue weighted by Crippen LogP contribution is -2.35. The molecule has 1 atom stereocenters. The average Bonchev–Trinajstić information content (AvgIpc) is 2.37. The summed E-state index contributed by atoms with van der Waals surface area (Å²) in [6.07, 6.45) is 0.766. The van der Waals surface area contributed by atoms with Crippen molar-refractivity contribution in [2.24, 2.45) is 0 Å². The zero-order chi connectivity index (χ0) is 12.7. The molecule has 3 nitrogen and oxygen atoms in total. The molecule has 17 heavy (non-hydrogen) atoms. The first-order valence-corrected chi connectivity index (χ1v) is 6.22. The molecular formula is C12H14Cl2O3. The summed E-state index contributed by atoms with van der Waals surface area (Å²) in [4.78, 5) is 20.2. The summed E-state index contributed by atoms with van der Waals surface area (Å²) >= 11 is 11.7. The van der Waals surface area contributed by atoms with Gasteiger partial charge in [-0.25, -0.2) is 9.68 Å². The Bertz CT molecular complexity index is 356. The summed E-state index contributed by atoms with van der Waals surface area (Å²) in [6, 6.07) is 8.73. The highest BCUT2D eigenvalue weighted by Crippen LogP contribution is 2.27. The average molecular weight is 277 g/mol. The van der Waals surface area contributed by atoms with E-state index in [1.807, 2.05) is 6.07 Å². The van der Waals surface area contributed by atoms with Crippen molar-refractivity contribution < 1.29 is 14.6 Å². The quantitative estimate of drug-likeness (QED) is 0.453. The van der Waals surface area contributed by atoms with Gasteiger partial charge in [0.2, 0.25) is 0 Å². The molecule has 1 aromatic carbocycles. The number of carbonyl (C=O) groups is 1. The van der Waals surface area contributed by atoms with E-state index in [-0.39, 0.29) is 5.88 Å². The van der Waals surface area contributed by atoms with Crippen LogP contribution in [0.15, 0.2) is 30.3 Å². The van der Waals surface area contributed by atoms with Crippen LogP contribution in [0.2, 0.25) is 0 Å². The van der Waals surface area contributed by atoms with Crippen molar-refractivity contribution in [1.82, 2.24) is 0 Å². The minimum absolute atomic E-state index is 0.289. The SMILES string of the molecule is CCC(Cl)(CCCl)C(=O)OOc1ccccc1. The van der Waals surface area contributed by atoms with Gasteiger partial charge in [0, 0.05) is 5.88 Å². The minimum Gasteiger partial charge on any atom is -0.287 e. The molecule has 0 aliphatic carbocycles. The number of rotatable bonds is 6. The van der Waals surface area contributed by atoms with Gasteiger partial charge in [-0.05, 0) is 25.0 Å². The van der Waals surface area contributed by atoms with Gasteiger partial charge in [-0.1, -0.05) is 25.1 Å². The predicted molar refractivity (Wildman–Crippen MR) is 67.4 cm³/mol. The Labute approximate surface area is 111 Å². The van der Waals surface area contributed by atoms with Gasteiger partial charge in [-0.3, -0.25) is 4.89 Å². The zero-order valence-electron chi connectivity index (χ0n) is 9.49. The van der Waals surface area contributed by atoms with Gasteiger partial charge in [-0.2, -0.15) is 0 Å². The fraction of sp³-hybridized carbons (Fsp3) is 0.417. The van der Waals surface area contributed by atoms with Crippen molar-refractivity contribution in [1.29, 1.82) is 0 Å². The topological polar surface area (TPSA) is 35.5 Å². The Morgan fingerprint density at radius 2 is 2.00 bits per heavy atom. The van der Waals surface area contributed by atoms with Crippen molar-refractivity contribution >= 4 is 29.2 Å². The van der Waals surface area contributed by atoms with Crippen LogP contribution in [0.1, 0.15) is 19.8 Å². The number of hydrogen-bond donors (Lipinski definition) is 0. The molecule has 0 radical (unpaired) electrons. The number of halogens is 2. The highest BCUT2D eigenvalue weighted by atomic mass is 35.5. The molecule has 0 bridgehead atoms. The van der Waals surface area contributed by atoms with Crippen LogP contribution in [0.5, 0.6) is 5.75 Å². The standard InChI is InChI=1S/C12H14Cl2O3/c1-2-12(14,8-9-13)11(15)17-16-10-6-4-3-5-7-10/h3-7H,2,8-9H2,1H3. The van der Waals surface area contributed by atoms with Crippen LogP contribution in [0, 0.1) is 0 Å². The van der Waals surface area contributed by atoms with Crippen LogP contribution in [0.25, 0.3) is 0 Å². The molecule has 0 saturated heterocycles. The fourth-order valence-electron chi connectivity index (χ4n) is 1.21. The minimum atomic E-state index is -1.11. The lowest BCUT2D eigenvalue weighted by molar-refractivity contribution is -0.217.